The molecule has 0 aromatic heterocycles. The minimum Gasteiger partial charge on any atom is -0.488 e. The molecule has 0 aliphatic carbocycles. The van der Waals surface area contributed by atoms with Gasteiger partial charge in [-0.3, -0.25) is 0 Å². The molecular formula is C10H13FO3. The van der Waals surface area contributed by atoms with Crippen LogP contribution in [0.15, 0.2) is 18.2 Å². The maximum absolute atomic E-state index is 13.1. The van der Waals surface area contributed by atoms with Gasteiger partial charge in [-0.2, -0.15) is 0 Å². The summed E-state index contributed by atoms with van der Waals surface area (Å²) in [6, 6.07) is 4.55. The van der Waals surface area contributed by atoms with E-state index in [0.29, 0.717) is 0 Å². The van der Waals surface area contributed by atoms with Crippen LogP contribution in [-0.2, 0) is 0 Å². The van der Waals surface area contributed by atoms with Crippen molar-refractivity contribution < 1.29 is 19.3 Å². The summed E-state index contributed by atoms with van der Waals surface area (Å²) in [5, 5.41) is 17.5. The van der Waals surface area contributed by atoms with Crippen molar-refractivity contribution in [1.82, 2.24) is 0 Å². The molecule has 0 saturated heterocycles. The number of hydrogen-bond acceptors (Lipinski definition) is 3. The molecule has 0 aliphatic heterocycles. The SMILES string of the molecule is Cc1ccc(OCC(O)CO)c(F)c1. The van der Waals surface area contributed by atoms with Crippen LogP contribution < -0.4 is 4.74 Å². The Morgan fingerprint density at radius 2 is 2.21 bits per heavy atom. The van der Waals surface area contributed by atoms with Crippen molar-refractivity contribution in [2.45, 2.75) is 13.0 Å². The molecular weight excluding hydrogens is 187 g/mol. The van der Waals surface area contributed by atoms with Crippen LogP contribution in [-0.4, -0.2) is 29.5 Å². The van der Waals surface area contributed by atoms with Crippen molar-refractivity contribution in [2.75, 3.05) is 13.2 Å². The van der Waals surface area contributed by atoms with Gasteiger partial charge in [-0.05, 0) is 24.6 Å². The molecule has 1 rings (SSSR count). The van der Waals surface area contributed by atoms with Gasteiger partial charge >= 0.3 is 0 Å². The molecule has 0 heterocycles. The second-order valence-corrected chi connectivity index (χ2v) is 3.08. The number of benzene rings is 1. The molecule has 14 heavy (non-hydrogen) atoms. The second kappa shape index (κ2) is 4.93. The monoisotopic (exact) mass is 200 g/mol. The summed E-state index contributed by atoms with van der Waals surface area (Å²) >= 11 is 0. The Morgan fingerprint density at radius 3 is 2.79 bits per heavy atom. The van der Waals surface area contributed by atoms with Gasteiger partial charge in [0.05, 0.1) is 6.61 Å². The minimum atomic E-state index is -0.976. The Kier molecular flexibility index (Phi) is 3.85. The van der Waals surface area contributed by atoms with E-state index in [0.717, 1.165) is 5.56 Å². The summed E-state index contributed by atoms with van der Waals surface area (Å²) in [7, 11) is 0. The van der Waals surface area contributed by atoms with Crippen LogP contribution in [0, 0.1) is 12.7 Å². The Morgan fingerprint density at radius 1 is 1.50 bits per heavy atom. The molecule has 0 bridgehead atoms. The predicted molar refractivity (Wildman–Crippen MR) is 49.7 cm³/mol. The van der Waals surface area contributed by atoms with Crippen LogP contribution in [0.5, 0.6) is 5.75 Å². The van der Waals surface area contributed by atoms with Gasteiger partial charge < -0.3 is 14.9 Å². The van der Waals surface area contributed by atoms with E-state index in [1.165, 1.54) is 12.1 Å². The van der Waals surface area contributed by atoms with Gasteiger partial charge in [-0.1, -0.05) is 6.07 Å². The molecule has 0 spiro atoms. The van der Waals surface area contributed by atoms with Gasteiger partial charge in [-0.15, -0.1) is 0 Å². The Balaban J connectivity index is 2.59. The van der Waals surface area contributed by atoms with Gasteiger partial charge in [0.15, 0.2) is 11.6 Å². The average molecular weight is 200 g/mol. The number of halogens is 1. The zero-order chi connectivity index (χ0) is 10.6. The number of aliphatic hydroxyl groups excluding tert-OH is 2. The highest BCUT2D eigenvalue weighted by molar-refractivity contribution is 5.28. The quantitative estimate of drug-likeness (QED) is 0.758. The van der Waals surface area contributed by atoms with Crippen LogP contribution in [0.4, 0.5) is 4.39 Å². The normalized spacial score (nSPS) is 12.6. The molecule has 1 aromatic carbocycles. The molecule has 1 aromatic rings. The summed E-state index contributed by atoms with van der Waals surface area (Å²) in [6.45, 7) is 1.26. The van der Waals surface area contributed by atoms with E-state index in [1.54, 1.807) is 13.0 Å². The van der Waals surface area contributed by atoms with Crippen LogP contribution in [0.3, 0.4) is 0 Å². The number of rotatable bonds is 4. The number of aryl methyl sites for hydroxylation is 1. The van der Waals surface area contributed by atoms with Crippen molar-refractivity contribution >= 4 is 0 Å². The number of hydrogen-bond donors (Lipinski definition) is 2. The van der Waals surface area contributed by atoms with Gasteiger partial charge in [0, 0.05) is 0 Å². The lowest BCUT2D eigenvalue weighted by Gasteiger charge is -2.10. The minimum absolute atomic E-state index is 0.0862. The van der Waals surface area contributed by atoms with Gasteiger partial charge in [0.1, 0.15) is 12.7 Å². The number of ether oxygens (including phenoxy) is 1. The Bertz CT molecular complexity index is 301. The van der Waals surface area contributed by atoms with E-state index < -0.39 is 18.5 Å². The van der Waals surface area contributed by atoms with Crippen molar-refractivity contribution in [3.8, 4) is 5.75 Å². The van der Waals surface area contributed by atoms with E-state index in [9.17, 15) is 4.39 Å². The second-order valence-electron chi connectivity index (χ2n) is 3.08. The summed E-state index contributed by atoms with van der Waals surface area (Å²) in [4.78, 5) is 0. The van der Waals surface area contributed by atoms with Crippen molar-refractivity contribution in [3.63, 3.8) is 0 Å². The standard InChI is InChI=1S/C10H13FO3/c1-7-2-3-10(9(11)4-7)14-6-8(13)5-12/h2-4,8,12-13H,5-6H2,1H3. The van der Waals surface area contributed by atoms with Crippen LogP contribution >= 0.6 is 0 Å². The van der Waals surface area contributed by atoms with E-state index in [-0.39, 0.29) is 12.4 Å². The summed E-state index contributed by atoms with van der Waals surface area (Å²) in [5.41, 5.74) is 0.803. The third-order valence-electron chi connectivity index (χ3n) is 1.73. The third kappa shape index (κ3) is 2.97. The molecule has 2 N–H and O–H groups in total. The summed E-state index contributed by atoms with van der Waals surface area (Å²) < 4.78 is 18.1. The molecule has 4 heteroatoms. The maximum atomic E-state index is 13.1. The summed E-state index contributed by atoms with van der Waals surface area (Å²) in [6.07, 6.45) is -0.976. The molecule has 0 amide bonds. The molecule has 1 unspecified atom stereocenters. The van der Waals surface area contributed by atoms with E-state index >= 15 is 0 Å². The lowest BCUT2D eigenvalue weighted by molar-refractivity contribution is 0.0523. The van der Waals surface area contributed by atoms with Crippen LogP contribution in [0.25, 0.3) is 0 Å². The highest BCUT2D eigenvalue weighted by atomic mass is 19.1. The predicted octanol–water partition coefficient (Wildman–Crippen LogP) is 0.866. The fraction of sp³-hybridized carbons (Fsp3) is 0.400. The first-order valence-corrected chi connectivity index (χ1v) is 4.31. The molecule has 78 valence electrons. The van der Waals surface area contributed by atoms with Crippen molar-refractivity contribution in [2.24, 2.45) is 0 Å². The molecule has 0 radical (unpaired) electrons. The topological polar surface area (TPSA) is 49.7 Å². The first-order valence-electron chi connectivity index (χ1n) is 4.31. The van der Waals surface area contributed by atoms with Gasteiger partial charge in [0.2, 0.25) is 0 Å². The van der Waals surface area contributed by atoms with Crippen molar-refractivity contribution in [1.29, 1.82) is 0 Å². The Labute approximate surface area is 81.8 Å². The lowest BCUT2D eigenvalue weighted by atomic mass is 10.2. The fourth-order valence-corrected chi connectivity index (χ4v) is 0.962. The van der Waals surface area contributed by atoms with Crippen molar-refractivity contribution in [3.05, 3.63) is 29.6 Å². The molecule has 0 saturated carbocycles. The van der Waals surface area contributed by atoms with Crippen LogP contribution in [0.1, 0.15) is 5.56 Å². The third-order valence-corrected chi connectivity index (χ3v) is 1.73. The Hall–Kier alpha value is -1.13. The first kappa shape index (κ1) is 10.9. The van der Waals surface area contributed by atoms with Crippen LogP contribution in [0.2, 0.25) is 0 Å². The average Bonchev–Trinajstić information content (AvgIpc) is 2.16. The highest BCUT2D eigenvalue weighted by Crippen LogP contribution is 2.17. The highest BCUT2D eigenvalue weighted by Gasteiger charge is 2.06. The van der Waals surface area contributed by atoms with Gasteiger partial charge in [0.25, 0.3) is 0 Å². The van der Waals surface area contributed by atoms with E-state index in [4.69, 9.17) is 14.9 Å². The van der Waals surface area contributed by atoms with E-state index in [2.05, 4.69) is 0 Å². The fourth-order valence-electron chi connectivity index (χ4n) is 0.962. The zero-order valence-electron chi connectivity index (χ0n) is 7.90. The largest absolute Gasteiger partial charge is 0.488 e. The molecule has 1 atom stereocenters. The zero-order valence-corrected chi connectivity index (χ0v) is 7.90. The number of aliphatic hydroxyl groups is 2. The summed E-state index contributed by atoms with van der Waals surface area (Å²) in [5.74, 6) is -0.377. The molecule has 3 nitrogen and oxygen atoms in total. The first-order chi connectivity index (χ1) is 6.63. The smallest absolute Gasteiger partial charge is 0.165 e. The molecule has 0 aliphatic rings. The van der Waals surface area contributed by atoms with E-state index in [1.807, 2.05) is 0 Å². The molecule has 0 fully saturated rings. The maximum Gasteiger partial charge on any atom is 0.165 e. The van der Waals surface area contributed by atoms with Gasteiger partial charge in [-0.25, -0.2) is 4.39 Å². The lowest BCUT2D eigenvalue weighted by Crippen LogP contribution is -2.21.